The van der Waals surface area contributed by atoms with Crippen LogP contribution < -0.4 is 5.32 Å². The summed E-state index contributed by atoms with van der Waals surface area (Å²) in [6, 6.07) is 0.369. The summed E-state index contributed by atoms with van der Waals surface area (Å²) in [6.07, 6.45) is 10.9. The molecule has 0 bridgehead atoms. The smallest absolute Gasteiger partial charge is 0.230 e. The molecule has 1 atom stereocenters. The highest BCUT2D eigenvalue weighted by molar-refractivity contribution is 7.99. The van der Waals surface area contributed by atoms with Gasteiger partial charge in [0, 0.05) is 18.6 Å². The highest BCUT2D eigenvalue weighted by Crippen LogP contribution is 2.40. The van der Waals surface area contributed by atoms with E-state index in [4.69, 9.17) is 4.74 Å². The molecule has 2 saturated carbocycles. The number of rotatable bonds is 7. The van der Waals surface area contributed by atoms with Gasteiger partial charge in [-0.2, -0.15) is 0 Å². The van der Waals surface area contributed by atoms with Crippen LogP contribution in [0.25, 0.3) is 0 Å². The molecule has 1 aromatic heterocycles. The van der Waals surface area contributed by atoms with Crippen molar-refractivity contribution in [2.75, 3.05) is 12.4 Å². The van der Waals surface area contributed by atoms with E-state index in [1.807, 2.05) is 0 Å². The van der Waals surface area contributed by atoms with Crippen LogP contribution in [-0.4, -0.2) is 45.2 Å². The zero-order valence-electron chi connectivity index (χ0n) is 14.8. The van der Waals surface area contributed by atoms with Crippen molar-refractivity contribution in [3.63, 3.8) is 0 Å². The number of aromatic nitrogens is 3. The fourth-order valence-electron chi connectivity index (χ4n) is 3.86. The van der Waals surface area contributed by atoms with Crippen molar-refractivity contribution >= 4 is 17.7 Å². The molecule has 6 nitrogen and oxygen atoms in total. The Kier molecular flexibility index (Phi) is 5.60. The Balaban J connectivity index is 1.35. The van der Waals surface area contributed by atoms with Crippen molar-refractivity contribution in [3.8, 4) is 0 Å². The third kappa shape index (κ3) is 4.56. The van der Waals surface area contributed by atoms with Gasteiger partial charge < -0.3 is 14.6 Å². The van der Waals surface area contributed by atoms with Gasteiger partial charge in [-0.3, -0.25) is 4.79 Å². The molecule has 1 saturated heterocycles. The number of carbonyl (C=O) groups is 1. The Labute approximate surface area is 153 Å². The maximum atomic E-state index is 12.3. The predicted molar refractivity (Wildman–Crippen MR) is 96.7 cm³/mol. The third-order valence-corrected chi connectivity index (χ3v) is 6.37. The molecule has 25 heavy (non-hydrogen) atoms. The zero-order chi connectivity index (χ0) is 17.1. The largest absolute Gasteiger partial charge is 0.376 e. The molecule has 138 valence electrons. The molecule has 1 unspecified atom stereocenters. The minimum Gasteiger partial charge on any atom is -0.376 e. The van der Waals surface area contributed by atoms with Crippen LogP contribution in [0.4, 0.5) is 0 Å². The van der Waals surface area contributed by atoms with Crippen LogP contribution in [0.3, 0.4) is 0 Å². The Morgan fingerprint density at radius 2 is 1.96 bits per heavy atom. The van der Waals surface area contributed by atoms with E-state index in [0.717, 1.165) is 49.8 Å². The van der Waals surface area contributed by atoms with Crippen molar-refractivity contribution in [3.05, 3.63) is 5.82 Å². The van der Waals surface area contributed by atoms with E-state index in [1.165, 1.54) is 43.9 Å². The highest BCUT2D eigenvalue weighted by atomic mass is 32.2. The van der Waals surface area contributed by atoms with Gasteiger partial charge in [0.1, 0.15) is 5.82 Å². The molecular weight excluding hydrogens is 336 g/mol. The maximum absolute atomic E-state index is 12.3. The molecule has 0 radical (unpaired) electrons. The lowest BCUT2D eigenvalue weighted by atomic mass is 9.95. The van der Waals surface area contributed by atoms with Gasteiger partial charge in [0.25, 0.3) is 0 Å². The quantitative estimate of drug-likeness (QED) is 0.754. The molecule has 7 heteroatoms. The lowest BCUT2D eigenvalue weighted by Gasteiger charge is -2.22. The summed E-state index contributed by atoms with van der Waals surface area (Å²) in [5, 5.41) is 12.9. The predicted octanol–water partition coefficient (Wildman–Crippen LogP) is 2.88. The first-order valence-corrected chi connectivity index (χ1v) is 10.7. The Bertz CT molecular complexity index is 590. The summed E-state index contributed by atoms with van der Waals surface area (Å²) < 4.78 is 8.01. The topological polar surface area (TPSA) is 69.0 Å². The van der Waals surface area contributed by atoms with Crippen LogP contribution in [0.5, 0.6) is 0 Å². The first-order chi connectivity index (χ1) is 12.3. The molecule has 0 spiro atoms. The van der Waals surface area contributed by atoms with Gasteiger partial charge in [-0.1, -0.05) is 31.0 Å². The molecule has 2 heterocycles. The molecule has 4 rings (SSSR count). The fourth-order valence-corrected chi connectivity index (χ4v) is 4.63. The summed E-state index contributed by atoms with van der Waals surface area (Å²) >= 11 is 1.51. The summed E-state index contributed by atoms with van der Waals surface area (Å²) in [7, 11) is 0. The number of thioether (sulfide) groups is 1. The van der Waals surface area contributed by atoms with Crippen LogP contribution in [0, 0.1) is 0 Å². The van der Waals surface area contributed by atoms with Gasteiger partial charge in [0.05, 0.1) is 18.4 Å². The van der Waals surface area contributed by atoms with Gasteiger partial charge in [0.2, 0.25) is 5.91 Å². The molecule has 3 fully saturated rings. The molecule has 0 aromatic carbocycles. The molecule has 1 aromatic rings. The van der Waals surface area contributed by atoms with Crippen molar-refractivity contribution in [2.24, 2.45) is 0 Å². The van der Waals surface area contributed by atoms with Crippen molar-refractivity contribution in [1.82, 2.24) is 20.1 Å². The Morgan fingerprint density at radius 1 is 1.12 bits per heavy atom. The second-order valence-corrected chi connectivity index (χ2v) is 8.49. The molecule has 1 N–H and O–H groups in total. The number of hydrogen-bond acceptors (Lipinski definition) is 5. The minimum absolute atomic E-state index is 0.122. The normalized spacial score (nSPS) is 24.6. The number of nitrogens with zero attached hydrogens (tertiary/aromatic N) is 3. The zero-order valence-corrected chi connectivity index (χ0v) is 15.6. The van der Waals surface area contributed by atoms with E-state index >= 15 is 0 Å². The lowest BCUT2D eigenvalue weighted by molar-refractivity contribution is -0.119. The van der Waals surface area contributed by atoms with E-state index in [-0.39, 0.29) is 12.0 Å². The monoisotopic (exact) mass is 364 g/mol. The Morgan fingerprint density at radius 3 is 2.68 bits per heavy atom. The van der Waals surface area contributed by atoms with E-state index in [1.54, 1.807) is 0 Å². The minimum atomic E-state index is 0.122. The van der Waals surface area contributed by atoms with Gasteiger partial charge in [-0.05, 0) is 38.5 Å². The van der Waals surface area contributed by atoms with E-state index in [9.17, 15) is 4.79 Å². The number of ether oxygens (including phenoxy) is 1. The van der Waals surface area contributed by atoms with Crippen LogP contribution in [0.2, 0.25) is 0 Å². The van der Waals surface area contributed by atoms with Crippen molar-refractivity contribution in [1.29, 1.82) is 0 Å². The van der Waals surface area contributed by atoms with Crippen LogP contribution in [-0.2, 0) is 16.1 Å². The first kappa shape index (κ1) is 17.3. The standard InChI is InChI=1S/C18H28N4O2S/c23-16(19-14-5-2-1-3-6-14)12-25-18-21-20-17(13-8-9-13)22(18)11-15-7-4-10-24-15/h13-15H,1-12H2,(H,19,23). The molecule has 2 aliphatic carbocycles. The number of hydrogen-bond donors (Lipinski definition) is 1. The second-order valence-electron chi connectivity index (χ2n) is 7.55. The van der Waals surface area contributed by atoms with Gasteiger partial charge in [0.15, 0.2) is 5.16 Å². The molecule has 1 aliphatic heterocycles. The highest BCUT2D eigenvalue weighted by Gasteiger charge is 2.32. The van der Waals surface area contributed by atoms with Crippen LogP contribution >= 0.6 is 11.8 Å². The molecule has 1 amide bonds. The number of amides is 1. The summed E-state index contributed by atoms with van der Waals surface area (Å²) in [5.41, 5.74) is 0. The van der Waals surface area contributed by atoms with Crippen molar-refractivity contribution in [2.45, 2.75) is 87.6 Å². The summed E-state index contributed by atoms with van der Waals surface area (Å²) in [4.78, 5) is 12.3. The number of carbonyl (C=O) groups excluding carboxylic acids is 1. The van der Waals surface area contributed by atoms with Gasteiger partial charge in [-0.15, -0.1) is 10.2 Å². The van der Waals surface area contributed by atoms with Gasteiger partial charge in [-0.25, -0.2) is 0 Å². The molecule has 3 aliphatic rings. The lowest BCUT2D eigenvalue weighted by Crippen LogP contribution is -2.37. The summed E-state index contributed by atoms with van der Waals surface area (Å²) in [6.45, 7) is 1.68. The van der Waals surface area contributed by atoms with E-state index in [2.05, 4.69) is 20.1 Å². The number of nitrogens with one attached hydrogen (secondary N) is 1. The Hall–Kier alpha value is -1.08. The average molecular weight is 365 g/mol. The molecular formula is C18H28N4O2S. The van der Waals surface area contributed by atoms with Crippen LogP contribution in [0.15, 0.2) is 5.16 Å². The van der Waals surface area contributed by atoms with Crippen LogP contribution in [0.1, 0.15) is 69.5 Å². The maximum Gasteiger partial charge on any atom is 0.230 e. The second kappa shape index (κ2) is 8.08. The fraction of sp³-hybridized carbons (Fsp3) is 0.833. The van der Waals surface area contributed by atoms with E-state index < -0.39 is 0 Å². The first-order valence-electron chi connectivity index (χ1n) is 9.76. The van der Waals surface area contributed by atoms with E-state index in [0.29, 0.717) is 17.7 Å². The van der Waals surface area contributed by atoms with Crippen molar-refractivity contribution < 1.29 is 9.53 Å². The SMILES string of the molecule is O=C(CSc1nnc(C2CC2)n1CC1CCCO1)NC1CCCCC1. The average Bonchev–Trinajstić information content (AvgIpc) is 3.19. The van der Waals surface area contributed by atoms with Gasteiger partial charge >= 0.3 is 0 Å². The third-order valence-electron chi connectivity index (χ3n) is 5.40. The summed E-state index contributed by atoms with van der Waals surface area (Å²) in [5.74, 6) is 2.19.